The Bertz CT molecular complexity index is 1250. The molecule has 3 aliphatic rings. The number of nitrogens with zero attached hydrogens (tertiary/aromatic N) is 2. The van der Waals surface area contributed by atoms with Gasteiger partial charge in [0.15, 0.2) is 5.58 Å². The molecule has 1 saturated heterocycles. The molecule has 31 heavy (non-hydrogen) atoms. The number of hydrogen-bond donors (Lipinski definition) is 2. The topological polar surface area (TPSA) is 81.6 Å². The van der Waals surface area contributed by atoms with E-state index in [9.17, 15) is 9.59 Å². The first kappa shape index (κ1) is 18.7. The predicted octanol–water partition coefficient (Wildman–Crippen LogP) is 3.03. The van der Waals surface area contributed by atoms with E-state index in [1.54, 1.807) is 0 Å². The number of hydrogen-bond acceptors (Lipinski definition) is 5. The summed E-state index contributed by atoms with van der Waals surface area (Å²) >= 11 is 0. The highest BCUT2D eigenvalue weighted by Crippen LogP contribution is 2.47. The number of amides is 1. The lowest BCUT2D eigenvalue weighted by Crippen LogP contribution is -2.64. The van der Waals surface area contributed by atoms with Crippen LogP contribution in [0.3, 0.4) is 0 Å². The second kappa shape index (κ2) is 6.47. The fourth-order valence-corrected chi connectivity index (χ4v) is 5.50. The number of aromatic nitrogens is 1. The van der Waals surface area contributed by atoms with Crippen molar-refractivity contribution in [2.75, 3.05) is 25.0 Å². The van der Waals surface area contributed by atoms with Crippen LogP contribution in [0.15, 0.2) is 45.6 Å². The normalized spacial score (nSPS) is 21.9. The molecule has 2 aliphatic heterocycles. The van der Waals surface area contributed by atoms with Gasteiger partial charge in [0.05, 0.1) is 11.6 Å². The average Bonchev–Trinajstić information content (AvgIpc) is 3.17. The van der Waals surface area contributed by atoms with Crippen molar-refractivity contribution in [1.82, 2.24) is 15.2 Å². The van der Waals surface area contributed by atoms with E-state index < -0.39 is 5.76 Å². The minimum atomic E-state index is -0.465. The first-order valence-corrected chi connectivity index (χ1v) is 10.9. The van der Waals surface area contributed by atoms with Crippen LogP contribution in [-0.4, -0.2) is 42.0 Å². The molecule has 160 valence electrons. The van der Waals surface area contributed by atoms with Gasteiger partial charge in [0, 0.05) is 44.0 Å². The molecular weight excluding hydrogens is 392 g/mol. The molecule has 3 heterocycles. The summed E-state index contributed by atoms with van der Waals surface area (Å²) in [4.78, 5) is 31.6. The molecule has 1 spiro atoms. The summed E-state index contributed by atoms with van der Waals surface area (Å²) in [5.74, 6) is -0.408. The Labute approximate surface area is 180 Å². The van der Waals surface area contributed by atoms with Crippen LogP contribution in [0.1, 0.15) is 47.3 Å². The fourth-order valence-electron chi connectivity index (χ4n) is 5.50. The van der Waals surface area contributed by atoms with Crippen molar-refractivity contribution in [3.05, 3.63) is 63.6 Å². The van der Waals surface area contributed by atoms with Crippen LogP contribution in [0.5, 0.6) is 0 Å². The number of nitrogens with one attached hydrogen (secondary N) is 2. The van der Waals surface area contributed by atoms with Crippen molar-refractivity contribution in [2.45, 2.75) is 38.4 Å². The molecular formula is C24H26N4O3. The van der Waals surface area contributed by atoms with Gasteiger partial charge in [-0.25, -0.2) is 4.79 Å². The lowest BCUT2D eigenvalue weighted by atomic mass is 9.61. The quantitative estimate of drug-likeness (QED) is 0.681. The third-order valence-electron chi connectivity index (χ3n) is 7.58. The maximum atomic E-state index is 13.3. The van der Waals surface area contributed by atoms with Gasteiger partial charge in [-0.3, -0.25) is 9.78 Å². The van der Waals surface area contributed by atoms with E-state index in [1.165, 1.54) is 12.8 Å². The third kappa shape index (κ3) is 2.83. The van der Waals surface area contributed by atoms with Gasteiger partial charge in [0.1, 0.15) is 0 Å². The zero-order valence-electron chi connectivity index (χ0n) is 17.8. The zero-order valence-corrected chi connectivity index (χ0v) is 17.8. The molecule has 1 atom stereocenters. The molecule has 7 heteroatoms. The Morgan fingerprint density at radius 3 is 2.71 bits per heavy atom. The van der Waals surface area contributed by atoms with E-state index in [2.05, 4.69) is 47.4 Å². The Balaban J connectivity index is 1.22. The third-order valence-corrected chi connectivity index (χ3v) is 7.58. The van der Waals surface area contributed by atoms with Gasteiger partial charge in [-0.05, 0) is 60.6 Å². The van der Waals surface area contributed by atoms with E-state index in [0.29, 0.717) is 29.1 Å². The minimum Gasteiger partial charge on any atom is -0.408 e. The van der Waals surface area contributed by atoms with Crippen LogP contribution >= 0.6 is 0 Å². The highest BCUT2D eigenvalue weighted by molar-refractivity contribution is 6.00. The molecule has 1 unspecified atom stereocenters. The zero-order chi connectivity index (χ0) is 21.3. The molecule has 1 amide bonds. The first-order chi connectivity index (χ1) is 14.9. The van der Waals surface area contributed by atoms with Gasteiger partial charge in [-0.15, -0.1) is 0 Å². The van der Waals surface area contributed by atoms with E-state index in [1.807, 2.05) is 23.1 Å². The number of carbonyl (C=O) groups excluding carboxylic acids is 1. The lowest BCUT2D eigenvalue weighted by molar-refractivity contribution is 0.0373. The van der Waals surface area contributed by atoms with E-state index >= 15 is 0 Å². The second-order valence-electron chi connectivity index (χ2n) is 9.50. The first-order valence-electron chi connectivity index (χ1n) is 10.9. The molecule has 2 aromatic carbocycles. The molecule has 3 aromatic rings. The summed E-state index contributed by atoms with van der Waals surface area (Å²) in [5, 5.41) is 3.39. The van der Waals surface area contributed by atoms with Crippen LogP contribution < -0.4 is 16.0 Å². The number of rotatable bonds is 4. The van der Waals surface area contributed by atoms with Gasteiger partial charge >= 0.3 is 5.76 Å². The summed E-state index contributed by atoms with van der Waals surface area (Å²) < 4.78 is 5.17. The van der Waals surface area contributed by atoms with Crippen LogP contribution in [0.25, 0.3) is 11.1 Å². The van der Waals surface area contributed by atoms with Gasteiger partial charge in [-0.1, -0.05) is 12.1 Å². The maximum Gasteiger partial charge on any atom is 0.417 e. The number of H-pyrrole nitrogens is 1. The Kier molecular flexibility index (Phi) is 3.90. The van der Waals surface area contributed by atoms with Crippen molar-refractivity contribution in [1.29, 1.82) is 0 Å². The molecule has 1 aromatic heterocycles. The van der Waals surface area contributed by atoms with Crippen molar-refractivity contribution in [3.8, 4) is 0 Å². The summed E-state index contributed by atoms with van der Waals surface area (Å²) in [6.45, 7) is 4.83. The molecule has 2 N–H and O–H groups in total. The largest absolute Gasteiger partial charge is 0.417 e. The number of fused-ring (bicyclic) bond motifs is 2. The van der Waals surface area contributed by atoms with Crippen LogP contribution in [0.4, 0.5) is 5.69 Å². The summed E-state index contributed by atoms with van der Waals surface area (Å²) in [6.07, 6.45) is 2.45. The van der Waals surface area contributed by atoms with Crippen molar-refractivity contribution < 1.29 is 9.21 Å². The van der Waals surface area contributed by atoms with Crippen LogP contribution in [-0.2, 0) is 6.54 Å². The van der Waals surface area contributed by atoms with E-state index in [-0.39, 0.29) is 11.9 Å². The average molecular weight is 418 g/mol. The molecule has 0 bridgehead atoms. The van der Waals surface area contributed by atoms with Gasteiger partial charge in [0.2, 0.25) is 0 Å². The molecule has 6 rings (SSSR count). The summed E-state index contributed by atoms with van der Waals surface area (Å²) in [5.41, 5.74) is 5.63. The number of anilines is 1. The minimum absolute atomic E-state index is 0.00353. The molecule has 7 nitrogen and oxygen atoms in total. The van der Waals surface area contributed by atoms with Gasteiger partial charge in [0.25, 0.3) is 5.91 Å². The highest BCUT2D eigenvalue weighted by atomic mass is 16.4. The Hall–Kier alpha value is -3.06. The van der Waals surface area contributed by atoms with Gasteiger partial charge in [-0.2, -0.15) is 0 Å². The standard InChI is InChI=1S/C24H26N4O3/c1-14-18-5-4-16(27(2)17-9-24(10-17)12-25-13-24)8-19(18)22(29)28(14)11-15-3-6-20-21(7-15)31-23(30)26-20/h3-8,14,17,25H,9-13H2,1-2H3,(H,26,30). The monoisotopic (exact) mass is 418 g/mol. The number of benzene rings is 2. The number of carbonyl (C=O) groups is 1. The van der Waals surface area contributed by atoms with E-state index in [0.717, 1.165) is 35.5 Å². The summed E-state index contributed by atoms with van der Waals surface area (Å²) in [7, 11) is 2.14. The molecule has 1 aliphatic carbocycles. The highest BCUT2D eigenvalue weighted by Gasteiger charge is 2.49. The molecule has 1 saturated carbocycles. The Morgan fingerprint density at radius 2 is 1.97 bits per heavy atom. The van der Waals surface area contributed by atoms with Crippen LogP contribution in [0, 0.1) is 5.41 Å². The molecule has 2 fully saturated rings. The maximum absolute atomic E-state index is 13.3. The second-order valence-corrected chi connectivity index (χ2v) is 9.50. The predicted molar refractivity (Wildman–Crippen MR) is 118 cm³/mol. The van der Waals surface area contributed by atoms with Crippen molar-refractivity contribution in [3.63, 3.8) is 0 Å². The lowest BCUT2D eigenvalue weighted by Gasteiger charge is -2.57. The van der Waals surface area contributed by atoms with Crippen molar-refractivity contribution >= 4 is 22.7 Å². The summed E-state index contributed by atoms with van der Waals surface area (Å²) in [6, 6.07) is 12.5. The van der Waals surface area contributed by atoms with E-state index in [4.69, 9.17) is 4.42 Å². The molecule has 0 radical (unpaired) electrons. The fraction of sp³-hybridized carbons (Fsp3) is 0.417. The number of oxazole rings is 1. The number of aromatic amines is 1. The van der Waals surface area contributed by atoms with Crippen LogP contribution in [0.2, 0.25) is 0 Å². The smallest absolute Gasteiger partial charge is 0.408 e. The SMILES string of the molecule is CC1c2ccc(N(C)C3CC4(CNC4)C3)cc2C(=O)N1Cc1ccc2[nH]c(=O)oc2c1. The van der Waals surface area contributed by atoms with Crippen molar-refractivity contribution in [2.24, 2.45) is 5.41 Å². The van der Waals surface area contributed by atoms with Gasteiger partial charge < -0.3 is 19.5 Å². The Morgan fingerprint density at radius 1 is 1.16 bits per heavy atom.